The third kappa shape index (κ3) is 2.23. The number of nitrogens with zero attached hydrogens (tertiary/aromatic N) is 2. The van der Waals surface area contributed by atoms with Crippen molar-refractivity contribution < 1.29 is 23.9 Å². The van der Waals surface area contributed by atoms with E-state index in [-0.39, 0.29) is 24.4 Å². The highest BCUT2D eigenvalue weighted by molar-refractivity contribution is 6.05. The number of amides is 3. The molecule has 24 heavy (non-hydrogen) atoms. The smallest absolute Gasteiger partial charge is 0.252 e. The van der Waals surface area contributed by atoms with Crippen LogP contribution in [0, 0.1) is 0 Å². The van der Waals surface area contributed by atoms with Gasteiger partial charge in [0.1, 0.15) is 24.1 Å². The van der Waals surface area contributed by atoms with Crippen molar-refractivity contribution >= 4 is 17.7 Å². The monoisotopic (exact) mass is 332 g/mol. The highest BCUT2D eigenvalue weighted by Gasteiger charge is 2.47. The fraction of sp³-hybridized carbons (Fsp3) is 0.471. The lowest BCUT2D eigenvalue weighted by atomic mass is 9.85. The molecule has 0 unspecified atom stereocenters. The number of hydrogen-bond donors (Lipinski definition) is 0. The van der Waals surface area contributed by atoms with Gasteiger partial charge in [0.25, 0.3) is 5.91 Å². The standard InChI is InChI=1S/C17H20N2O5/c1-9-16-11(13(23-3)5-6-14(16)24-4)7-12-17(22)18(10(2)20)8-15(21)19(9)12/h5-6,9,12H,7-8H2,1-4H3/t9-,12-/m1/s1. The Morgan fingerprint density at radius 2 is 1.79 bits per heavy atom. The first-order chi connectivity index (χ1) is 11.4. The number of fused-ring (bicyclic) bond motifs is 2. The van der Waals surface area contributed by atoms with Crippen molar-refractivity contribution in [1.82, 2.24) is 9.80 Å². The molecule has 7 heteroatoms. The van der Waals surface area contributed by atoms with Gasteiger partial charge in [-0.25, -0.2) is 0 Å². The van der Waals surface area contributed by atoms with Crippen molar-refractivity contribution in [3.63, 3.8) is 0 Å². The Balaban J connectivity index is 2.13. The lowest BCUT2D eigenvalue weighted by Crippen LogP contribution is -2.63. The number of piperazine rings is 1. The zero-order valence-corrected chi connectivity index (χ0v) is 14.2. The molecule has 3 rings (SSSR count). The molecule has 0 spiro atoms. The molecule has 2 atom stereocenters. The third-order valence-corrected chi connectivity index (χ3v) is 4.79. The summed E-state index contributed by atoms with van der Waals surface area (Å²) in [6, 6.07) is 2.55. The molecule has 0 radical (unpaired) electrons. The number of methoxy groups -OCH3 is 2. The minimum atomic E-state index is -0.696. The van der Waals surface area contributed by atoms with Crippen LogP contribution < -0.4 is 9.47 Å². The van der Waals surface area contributed by atoms with E-state index in [1.165, 1.54) is 6.92 Å². The number of ether oxygens (including phenoxy) is 2. The van der Waals surface area contributed by atoms with Gasteiger partial charge < -0.3 is 14.4 Å². The number of benzene rings is 1. The number of carbonyl (C=O) groups is 3. The summed E-state index contributed by atoms with van der Waals surface area (Å²) in [5, 5.41) is 0. The van der Waals surface area contributed by atoms with Gasteiger partial charge >= 0.3 is 0 Å². The lowest BCUT2D eigenvalue weighted by Gasteiger charge is -2.46. The Kier molecular flexibility index (Phi) is 3.95. The molecule has 1 aromatic carbocycles. The van der Waals surface area contributed by atoms with Gasteiger partial charge in [0.2, 0.25) is 11.8 Å². The summed E-state index contributed by atoms with van der Waals surface area (Å²) in [6.45, 7) is 2.95. The fourth-order valence-corrected chi connectivity index (χ4v) is 3.70. The lowest BCUT2D eigenvalue weighted by molar-refractivity contribution is -0.164. The molecule has 128 valence electrons. The van der Waals surface area contributed by atoms with Crippen LogP contribution in [0.3, 0.4) is 0 Å². The SMILES string of the molecule is COc1ccc(OC)c2c1C[C@@H]1C(=O)N(C(C)=O)CC(=O)N1[C@@H]2C. The molecule has 0 saturated carbocycles. The fourth-order valence-electron chi connectivity index (χ4n) is 3.70. The molecule has 7 nitrogen and oxygen atoms in total. The van der Waals surface area contributed by atoms with E-state index in [0.29, 0.717) is 17.9 Å². The van der Waals surface area contributed by atoms with Crippen LogP contribution in [0.1, 0.15) is 31.0 Å². The van der Waals surface area contributed by atoms with E-state index >= 15 is 0 Å². The van der Waals surface area contributed by atoms with E-state index in [0.717, 1.165) is 16.0 Å². The first-order valence-corrected chi connectivity index (χ1v) is 7.77. The van der Waals surface area contributed by atoms with Gasteiger partial charge in [0.05, 0.1) is 20.3 Å². The summed E-state index contributed by atoms with van der Waals surface area (Å²) in [5.41, 5.74) is 1.70. The quantitative estimate of drug-likeness (QED) is 0.804. The first-order valence-electron chi connectivity index (χ1n) is 7.77. The van der Waals surface area contributed by atoms with Gasteiger partial charge in [-0.1, -0.05) is 0 Å². The van der Waals surface area contributed by atoms with Gasteiger partial charge in [-0.2, -0.15) is 0 Å². The van der Waals surface area contributed by atoms with Gasteiger partial charge in [0.15, 0.2) is 0 Å². The largest absolute Gasteiger partial charge is 0.496 e. The Morgan fingerprint density at radius 1 is 1.17 bits per heavy atom. The molecular weight excluding hydrogens is 312 g/mol. The van der Waals surface area contributed by atoms with Crippen molar-refractivity contribution in [3.05, 3.63) is 23.3 Å². The van der Waals surface area contributed by atoms with Crippen molar-refractivity contribution in [2.45, 2.75) is 32.4 Å². The predicted molar refractivity (Wildman–Crippen MR) is 84.7 cm³/mol. The number of hydrogen-bond acceptors (Lipinski definition) is 5. The number of carbonyl (C=O) groups excluding carboxylic acids is 3. The minimum absolute atomic E-state index is 0.212. The summed E-state index contributed by atoms with van der Waals surface area (Å²) < 4.78 is 10.9. The van der Waals surface area contributed by atoms with Gasteiger partial charge in [0, 0.05) is 24.5 Å². The zero-order valence-electron chi connectivity index (χ0n) is 14.2. The molecule has 2 aliphatic rings. The summed E-state index contributed by atoms with van der Waals surface area (Å²) in [6.07, 6.45) is 0.300. The predicted octanol–water partition coefficient (Wildman–Crippen LogP) is 0.907. The Hall–Kier alpha value is -2.57. The molecule has 1 saturated heterocycles. The Bertz CT molecular complexity index is 730. The van der Waals surface area contributed by atoms with Crippen LogP contribution in [0.25, 0.3) is 0 Å². The molecule has 0 aliphatic carbocycles. The molecule has 0 bridgehead atoms. The summed E-state index contributed by atoms with van der Waals surface area (Å²) >= 11 is 0. The summed E-state index contributed by atoms with van der Waals surface area (Å²) in [4.78, 5) is 39.5. The second kappa shape index (κ2) is 5.81. The van der Waals surface area contributed by atoms with E-state index < -0.39 is 11.9 Å². The average molecular weight is 332 g/mol. The first kappa shape index (κ1) is 16.3. The van der Waals surface area contributed by atoms with Crippen LogP contribution in [0.4, 0.5) is 0 Å². The van der Waals surface area contributed by atoms with Crippen molar-refractivity contribution in [3.8, 4) is 11.5 Å². The minimum Gasteiger partial charge on any atom is -0.496 e. The van der Waals surface area contributed by atoms with E-state index in [1.807, 2.05) is 6.92 Å². The zero-order chi connectivity index (χ0) is 17.6. The Labute approximate surface area is 140 Å². The highest BCUT2D eigenvalue weighted by atomic mass is 16.5. The average Bonchev–Trinajstić information content (AvgIpc) is 2.56. The van der Waals surface area contributed by atoms with Crippen LogP contribution in [0.5, 0.6) is 11.5 Å². The molecule has 1 aromatic rings. The topological polar surface area (TPSA) is 76.1 Å². The van der Waals surface area contributed by atoms with Crippen molar-refractivity contribution in [2.24, 2.45) is 0 Å². The molecule has 2 aliphatic heterocycles. The molecule has 2 heterocycles. The highest BCUT2D eigenvalue weighted by Crippen LogP contribution is 2.44. The molecule has 0 N–H and O–H groups in total. The number of rotatable bonds is 2. The van der Waals surface area contributed by atoms with Gasteiger partial charge in [-0.15, -0.1) is 0 Å². The van der Waals surface area contributed by atoms with E-state index in [2.05, 4.69) is 0 Å². The van der Waals surface area contributed by atoms with E-state index in [9.17, 15) is 14.4 Å². The van der Waals surface area contributed by atoms with Crippen molar-refractivity contribution in [2.75, 3.05) is 20.8 Å². The van der Waals surface area contributed by atoms with Crippen LogP contribution in [0.15, 0.2) is 12.1 Å². The molecule has 3 amide bonds. The normalized spacial score (nSPS) is 22.8. The maximum atomic E-state index is 12.7. The maximum Gasteiger partial charge on any atom is 0.252 e. The molecule has 0 aromatic heterocycles. The van der Waals surface area contributed by atoms with E-state index in [4.69, 9.17) is 9.47 Å². The maximum absolute atomic E-state index is 12.7. The Morgan fingerprint density at radius 3 is 2.38 bits per heavy atom. The van der Waals surface area contributed by atoms with Gasteiger partial charge in [-0.3, -0.25) is 19.3 Å². The van der Waals surface area contributed by atoms with E-state index in [1.54, 1.807) is 31.3 Å². The second-order valence-corrected chi connectivity index (χ2v) is 6.00. The number of imide groups is 1. The van der Waals surface area contributed by atoms with Gasteiger partial charge in [-0.05, 0) is 19.1 Å². The summed E-state index contributed by atoms with van der Waals surface area (Å²) in [7, 11) is 3.14. The molecule has 1 fully saturated rings. The van der Waals surface area contributed by atoms with Crippen LogP contribution in [-0.2, 0) is 20.8 Å². The third-order valence-electron chi connectivity index (χ3n) is 4.79. The van der Waals surface area contributed by atoms with Crippen LogP contribution in [0.2, 0.25) is 0 Å². The van der Waals surface area contributed by atoms with Crippen molar-refractivity contribution in [1.29, 1.82) is 0 Å². The van der Waals surface area contributed by atoms with Crippen LogP contribution >= 0.6 is 0 Å². The second-order valence-electron chi connectivity index (χ2n) is 6.00. The molecular formula is C17H20N2O5. The summed E-state index contributed by atoms with van der Waals surface area (Å²) in [5.74, 6) is 0.315. The van der Waals surface area contributed by atoms with Crippen LogP contribution in [-0.4, -0.2) is 54.3 Å².